The van der Waals surface area contributed by atoms with Crippen molar-refractivity contribution in [2.24, 2.45) is 12.5 Å². The number of amides is 4. The van der Waals surface area contributed by atoms with Gasteiger partial charge in [-0.3, -0.25) is 9.59 Å². The van der Waals surface area contributed by atoms with Crippen LogP contribution in [0, 0.1) is 5.41 Å². The Balaban J connectivity index is 1.36. The third-order valence-electron chi connectivity index (χ3n) is 9.16. The maximum absolute atomic E-state index is 14.3. The molecule has 2 aromatic rings. The van der Waals surface area contributed by atoms with Gasteiger partial charge in [-0.15, -0.1) is 5.10 Å². The predicted molar refractivity (Wildman–Crippen MR) is 147 cm³/mol. The molecule has 2 atom stereocenters. The lowest BCUT2D eigenvalue weighted by Crippen LogP contribution is -2.54. The van der Waals surface area contributed by atoms with E-state index in [1.54, 1.807) is 33.9 Å². The van der Waals surface area contributed by atoms with Crippen LogP contribution in [0.4, 0.5) is 13.6 Å². The van der Waals surface area contributed by atoms with Crippen molar-refractivity contribution < 1.29 is 27.9 Å². The Labute approximate surface area is 247 Å². The number of likely N-dealkylation sites (tertiary alicyclic amines) is 2. The number of fused-ring (bicyclic) bond motifs is 1. The molecular weight excluding hydrogens is 572 g/mol. The zero-order valence-corrected chi connectivity index (χ0v) is 24.4. The molecule has 1 unspecified atom stereocenters. The first-order chi connectivity index (χ1) is 20.1. The first kappa shape index (κ1) is 28.6. The molecule has 3 fully saturated rings. The van der Waals surface area contributed by atoms with E-state index in [9.17, 15) is 23.2 Å². The van der Waals surface area contributed by atoms with Crippen molar-refractivity contribution >= 4 is 29.4 Å². The predicted octanol–water partition coefficient (Wildman–Crippen LogP) is 3.23. The van der Waals surface area contributed by atoms with Crippen LogP contribution in [-0.4, -0.2) is 86.8 Å². The minimum absolute atomic E-state index is 0.00458. The second-order valence-corrected chi connectivity index (χ2v) is 12.1. The molecule has 1 aromatic heterocycles. The highest BCUT2D eigenvalue weighted by molar-refractivity contribution is 6.31. The number of alkyl halides is 2. The van der Waals surface area contributed by atoms with Gasteiger partial charge < -0.3 is 24.8 Å². The largest absolute Gasteiger partial charge is 0.487 e. The number of hydrogen-bond donors (Lipinski definition) is 1. The van der Waals surface area contributed by atoms with E-state index >= 15 is 0 Å². The fourth-order valence-electron chi connectivity index (χ4n) is 6.75. The van der Waals surface area contributed by atoms with Gasteiger partial charge in [0.15, 0.2) is 0 Å². The number of hydrogen-bond acceptors (Lipinski definition) is 6. The highest BCUT2D eigenvalue weighted by Crippen LogP contribution is 2.55. The van der Waals surface area contributed by atoms with Gasteiger partial charge in [-0.25, -0.2) is 18.3 Å². The third kappa shape index (κ3) is 5.05. The molecule has 4 heterocycles. The molecule has 14 heteroatoms. The first-order valence-corrected chi connectivity index (χ1v) is 14.7. The lowest BCUT2D eigenvalue weighted by molar-refractivity contribution is -0.140. The third-order valence-corrected chi connectivity index (χ3v) is 9.51. The van der Waals surface area contributed by atoms with E-state index in [0.29, 0.717) is 55.2 Å². The highest BCUT2D eigenvalue weighted by atomic mass is 35.5. The minimum Gasteiger partial charge on any atom is -0.487 e. The summed E-state index contributed by atoms with van der Waals surface area (Å²) in [4.78, 5) is 45.0. The number of ether oxygens (including phenoxy) is 1. The van der Waals surface area contributed by atoms with Crippen molar-refractivity contribution in [3.63, 3.8) is 0 Å². The van der Waals surface area contributed by atoms with Crippen molar-refractivity contribution in [3.05, 3.63) is 39.7 Å². The molecule has 4 amide bonds. The van der Waals surface area contributed by atoms with E-state index in [2.05, 4.69) is 15.6 Å². The standard InChI is InChI=1S/C28H34ClF2N7O4/c1-32-27(41)38-15-28(8-9-28)12-19(38)26(40)37-11-7-16-17(29)5-6-21(23(16)20(37)13-36-10-3-4-22(36)39)42-14-18-24(25(30)31)35(2)34-33-18/h5-6,19-20,25H,3-4,7-15H2,1-2H3,(H,32,41)/t19?,20-/m1/s1. The van der Waals surface area contributed by atoms with Crippen molar-refractivity contribution in [2.45, 2.75) is 63.6 Å². The van der Waals surface area contributed by atoms with Crippen LogP contribution in [0.25, 0.3) is 0 Å². The number of nitrogens with zero attached hydrogens (tertiary/aromatic N) is 6. The zero-order chi connectivity index (χ0) is 29.8. The van der Waals surface area contributed by atoms with Gasteiger partial charge in [0, 0.05) is 57.3 Å². The summed E-state index contributed by atoms with van der Waals surface area (Å²) in [6.07, 6.45) is 1.38. The number of benzene rings is 1. The number of carbonyl (C=O) groups is 3. The van der Waals surface area contributed by atoms with Crippen LogP contribution in [-0.2, 0) is 29.7 Å². The molecule has 1 aliphatic carbocycles. The Hall–Kier alpha value is -3.48. The van der Waals surface area contributed by atoms with E-state index < -0.39 is 18.5 Å². The SMILES string of the molecule is CNC(=O)N1CC2(CC2)CC1C(=O)N1CCc2c(Cl)ccc(OCc3nnn(C)c3C(F)F)c2[C@H]1CN1CCCC1=O. The van der Waals surface area contributed by atoms with E-state index in [4.69, 9.17) is 16.3 Å². The lowest BCUT2D eigenvalue weighted by Gasteiger charge is -2.42. The Morgan fingerprint density at radius 3 is 2.67 bits per heavy atom. The Morgan fingerprint density at radius 2 is 2.00 bits per heavy atom. The van der Waals surface area contributed by atoms with Crippen LogP contribution < -0.4 is 10.1 Å². The summed E-state index contributed by atoms with van der Waals surface area (Å²) in [6.45, 7) is 1.43. The summed E-state index contributed by atoms with van der Waals surface area (Å²) < 4.78 is 34.5. The Kier molecular flexibility index (Phi) is 7.48. The van der Waals surface area contributed by atoms with Crippen molar-refractivity contribution in [1.82, 2.24) is 35.0 Å². The van der Waals surface area contributed by atoms with Crippen LogP contribution in [0.15, 0.2) is 12.1 Å². The fourth-order valence-corrected chi connectivity index (χ4v) is 7.01. The quantitative estimate of drug-likeness (QED) is 0.519. The van der Waals surface area contributed by atoms with E-state index in [1.165, 1.54) is 7.05 Å². The monoisotopic (exact) mass is 605 g/mol. The van der Waals surface area contributed by atoms with Crippen molar-refractivity contribution in [3.8, 4) is 5.75 Å². The highest BCUT2D eigenvalue weighted by Gasteiger charge is 2.56. The molecule has 1 aromatic carbocycles. The van der Waals surface area contributed by atoms with Gasteiger partial charge in [-0.05, 0) is 55.2 Å². The Morgan fingerprint density at radius 1 is 1.21 bits per heavy atom. The van der Waals surface area contributed by atoms with Gasteiger partial charge >= 0.3 is 6.03 Å². The van der Waals surface area contributed by atoms with Gasteiger partial charge in [0.1, 0.15) is 29.8 Å². The van der Waals surface area contributed by atoms with E-state index in [-0.39, 0.29) is 47.8 Å². The average Bonchev–Trinajstić information content (AvgIpc) is 3.24. The summed E-state index contributed by atoms with van der Waals surface area (Å²) in [6, 6.07) is 1.85. The summed E-state index contributed by atoms with van der Waals surface area (Å²) in [5.41, 5.74) is 1.09. The number of nitrogens with one attached hydrogen (secondary N) is 1. The van der Waals surface area contributed by atoms with Gasteiger partial charge in [0.05, 0.1) is 6.04 Å². The van der Waals surface area contributed by atoms with Crippen molar-refractivity contribution in [1.29, 1.82) is 0 Å². The van der Waals surface area contributed by atoms with Crippen LogP contribution in [0.5, 0.6) is 5.75 Å². The number of rotatable bonds is 7. The summed E-state index contributed by atoms with van der Waals surface area (Å²) >= 11 is 6.67. The number of carbonyl (C=O) groups excluding carboxylic acids is 3. The summed E-state index contributed by atoms with van der Waals surface area (Å²) in [7, 11) is 2.95. The van der Waals surface area contributed by atoms with Gasteiger partial charge in [0.2, 0.25) is 11.8 Å². The number of urea groups is 1. The average molecular weight is 606 g/mol. The van der Waals surface area contributed by atoms with Crippen LogP contribution in [0.1, 0.15) is 67.1 Å². The normalized spacial score (nSPS) is 22.7. The molecule has 1 spiro atoms. The topological polar surface area (TPSA) is 113 Å². The van der Waals surface area contributed by atoms with Crippen LogP contribution in [0.3, 0.4) is 0 Å². The number of aryl methyl sites for hydroxylation is 1. The lowest BCUT2D eigenvalue weighted by atomic mass is 9.90. The van der Waals surface area contributed by atoms with Gasteiger partial charge in [0.25, 0.3) is 6.43 Å². The summed E-state index contributed by atoms with van der Waals surface area (Å²) in [5, 5.41) is 10.8. The molecule has 1 N–H and O–H groups in total. The smallest absolute Gasteiger partial charge is 0.317 e. The molecule has 2 saturated heterocycles. The minimum atomic E-state index is -2.78. The van der Waals surface area contributed by atoms with Gasteiger partial charge in [-0.2, -0.15) is 0 Å². The maximum atomic E-state index is 14.3. The van der Waals surface area contributed by atoms with Crippen LogP contribution in [0.2, 0.25) is 5.02 Å². The van der Waals surface area contributed by atoms with Crippen molar-refractivity contribution in [2.75, 3.05) is 33.2 Å². The molecule has 4 aliphatic rings. The van der Waals surface area contributed by atoms with Crippen LogP contribution >= 0.6 is 11.6 Å². The molecule has 226 valence electrons. The van der Waals surface area contributed by atoms with E-state index in [0.717, 1.165) is 29.5 Å². The first-order valence-electron chi connectivity index (χ1n) is 14.3. The molecule has 3 aliphatic heterocycles. The molecule has 0 radical (unpaired) electrons. The molecule has 1 saturated carbocycles. The van der Waals surface area contributed by atoms with E-state index in [1.807, 2.05) is 0 Å². The number of halogens is 3. The van der Waals surface area contributed by atoms with Gasteiger partial charge in [-0.1, -0.05) is 16.8 Å². The molecular formula is C28H34ClF2N7O4. The Bertz CT molecular complexity index is 1410. The zero-order valence-electron chi connectivity index (χ0n) is 23.6. The number of aromatic nitrogens is 3. The molecule has 0 bridgehead atoms. The maximum Gasteiger partial charge on any atom is 0.317 e. The fraction of sp³-hybridized carbons (Fsp3) is 0.607. The molecule has 42 heavy (non-hydrogen) atoms. The summed E-state index contributed by atoms with van der Waals surface area (Å²) in [5.74, 6) is 0.206. The second kappa shape index (κ2) is 11.0. The second-order valence-electron chi connectivity index (χ2n) is 11.7. The molecule has 11 nitrogen and oxygen atoms in total. The molecule has 6 rings (SSSR count).